The van der Waals surface area contributed by atoms with Gasteiger partial charge in [-0.2, -0.15) is 0 Å². The quantitative estimate of drug-likeness (QED) is 0.504. The smallest absolute Gasteiger partial charge is 0.407 e. The van der Waals surface area contributed by atoms with Gasteiger partial charge in [-0.25, -0.2) is 4.79 Å². The number of rotatable bonds is 7. The lowest BCUT2D eigenvalue weighted by Crippen LogP contribution is -2.37. The summed E-state index contributed by atoms with van der Waals surface area (Å²) >= 11 is 0. The maximum absolute atomic E-state index is 11.9. The van der Waals surface area contributed by atoms with Crippen LogP contribution < -0.4 is 16.0 Å². The van der Waals surface area contributed by atoms with Gasteiger partial charge >= 0.3 is 6.09 Å². The molecule has 146 valence electrons. The number of hydrogen-bond donors (Lipinski definition) is 3. The maximum Gasteiger partial charge on any atom is 0.407 e. The highest BCUT2D eigenvalue weighted by molar-refractivity contribution is 5.95. The van der Waals surface area contributed by atoms with Crippen molar-refractivity contribution < 1.29 is 19.1 Å². The lowest BCUT2D eigenvalue weighted by Gasteiger charge is -2.19. The Morgan fingerprint density at radius 1 is 1.07 bits per heavy atom. The first-order valence-electron chi connectivity index (χ1n) is 9.06. The molecule has 0 saturated heterocycles. The van der Waals surface area contributed by atoms with E-state index in [1.807, 2.05) is 0 Å². The van der Waals surface area contributed by atoms with Crippen molar-refractivity contribution in [1.82, 2.24) is 16.0 Å². The number of carbonyl (C=O) groups is 3. The fraction of sp³-hybridized carbons (Fsp3) is 0.450. The molecule has 0 aromatic heterocycles. The van der Waals surface area contributed by atoms with Crippen molar-refractivity contribution in [2.75, 3.05) is 13.1 Å². The molecular weight excluding hydrogens is 346 g/mol. The Balaban J connectivity index is 1.68. The molecule has 1 aliphatic rings. The molecule has 2 rings (SSSR count). The van der Waals surface area contributed by atoms with Crippen molar-refractivity contribution >= 4 is 24.0 Å². The van der Waals surface area contributed by atoms with E-state index in [0.717, 1.165) is 18.4 Å². The van der Waals surface area contributed by atoms with Crippen molar-refractivity contribution in [2.45, 2.75) is 45.3 Å². The highest BCUT2D eigenvalue weighted by Crippen LogP contribution is 2.19. The molecule has 0 spiro atoms. The number of benzene rings is 1. The molecule has 27 heavy (non-hydrogen) atoms. The van der Waals surface area contributed by atoms with Crippen molar-refractivity contribution in [3.8, 4) is 0 Å². The van der Waals surface area contributed by atoms with E-state index < -0.39 is 11.7 Å². The summed E-state index contributed by atoms with van der Waals surface area (Å²) in [5, 5.41) is 8.16. The van der Waals surface area contributed by atoms with Gasteiger partial charge in [0.2, 0.25) is 5.91 Å². The zero-order chi connectivity index (χ0) is 19.9. The summed E-state index contributed by atoms with van der Waals surface area (Å²) < 4.78 is 5.10. The number of nitrogens with one attached hydrogen (secondary N) is 3. The van der Waals surface area contributed by atoms with Gasteiger partial charge in [0.15, 0.2) is 0 Å². The van der Waals surface area contributed by atoms with Crippen LogP contribution in [0.3, 0.4) is 0 Å². The summed E-state index contributed by atoms with van der Waals surface area (Å²) in [6.07, 6.45) is 4.66. The standard InChI is InChI=1S/C20H27N3O4/c1-20(2,3)27-19(26)22-13-12-21-17(24)11-6-14-4-7-15(8-5-14)18(25)23-16-9-10-16/h4-8,11,16H,9-10,12-13H2,1-3H3,(H,21,24)(H,22,26)(H,23,25)/b11-6+. The topological polar surface area (TPSA) is 96.5 Å². The van der Waals surface area contributed by atoms with Crippen molar-refractivity contribution in [2.24, 2.45) is 0 Å². The normalized spacial score (nSPS) is 13.9. The Morgan fingerprint density at radius 3 is 2.30 bits per heavy atom. The molecule has 7 nitrogen and oxygen atoms in total. The average Bonchev–Trinajstić information content (AvgIpc) is 3.39. The van der Waals surface area contributed by atoms with Crippen molar-refractivity contribution in [1.29, 1.82) is 0 Å². The van der Waals surface area contributed by atoms with Crippen LogP contribution in [0.25, 0.3) is 6.08 Å². The summed E-state index contributed by atoms with van der Waals surface area (Å²) in [6.45, 7) is 5.92. The Morgan fingerprint density at radius 2 is 1.70 bits per heavy atom. The van der Waals surface area contributed by atoms with E-state index in [-0.39, 0.29) is 18.4 Å². The van der Waals surface area contributed by atoms with Gasteiger partial charge in [0.05, 0.1) is 0 Å². The van der Waals surface area contributed by atoms with Gasteiger partial charge in [0.25, 0.3) is 5.91 Å². The SMILES string of the molecule is CC(C)(C)OC(=O)NCCNC(=O)/C=C/c1ccc(C(=O)NC2CC2)cc1. The maximum atomic E-state index is 11.9. The third-order valence-electron chi connectivity index (χ3n) is 3.61. The van der Waals surface area contributed by atoms with E-state index in [4.69, 9.17) is 4.74 Å². The van der Waals surface area contributed by atoms with E-state index in [1.165, 1.54) is 6.08 Å². The molecule has 0 radical (unpaired) electrons. The van der Waals surface area contributed by atoms with Crippen LogP contribution in [-0.2, 0) is 9.53 Å². The zero-order valence-electron chi connectivity index (χ0n) is 16.0. The minimum absolute atomic E-state index is 0.0664. The second-order valence-corrected chi connectivity index (χ2v) is 7.42. The fourth-order valence-corrected chi connectivity index (χ4v) is 2.14. The molecule has 3 amide bonds. The second kappa shape index (κ2) is 9.21. The van der Waals surface area contributed by atoms with E-state index in [2.05, 4.69) is 16.0 Å². The number of carbonyl (C=O) groups excluding carboxylic acids is 3. The second-order valence-electron chi connectivity index (χ2n) is 7.42. The van der Waals surface area contributed by atoms with Gasteiger partial charge in [-0.1, -0.05) is 12.1 Å². The number of alkyl carbamates (subject to hydrolysis) is 1. The molecule has 7 heteroatoms. The van der Waals surface area contributed by atoms with Gasteiger partial charge in [0, 0.05) is 30.8 Å². The minimum atomic E-state index is -0.551. The molecule has 0 bridgehead atoms. The zero-order valence-corrected chi connectivity index (χ0v) is 16.0. The molecule has 0 atom stereocenters. The van der Waals surface area contributed by atoms with Crippen LogP contribution in [-0.4, -0.2) is 42.6 Å². The molecule has 1 aliphatic carbocycles. The highest BCUT2D eigenvalue weighted by atomic mass is 16.6. The van der Waals surface area contributed by atoms with Crippen molar-refractivity contribution in [3.05, 3.63) is 41.5 Å². The van der Waals surface area contributed by atoms with Gasteiger partial charge < -0.3 is 20.7 Å². The largest absolute Gasteiger partial charge is 0.444 e. The highest BCUT2D eigenvalue weighted by Gasteiger charge is 2.23. The van der Waals surface area contributed by atoms with Gasteiger partial charge in [-0.05, 0) is 57.4 Å². The summed E-state index contributed by atoms with van der Waals surface area (Å²) in [5.41, 5.74) is 0.876. The molecule has 1 aromatic carbocycles. The van der Waals surface area contributed by atoms with E-state index in [1.54, 1.807) is 51.1 Å². The number of hydrogen-bond acceptors (Lipinski definition) is 4. The number of ether oxygens (including phenoxy) is 1. The van der Waals surface area contributed by atoms with E-state index in [0.29, 0.717) is 18.2 Å². The minimum Gasteiger partial charge on any atom is -0.444 e. The van der Waals surface area contributed by atoms with Gasteiger partial charge in [-0.3, -0.25) is 9.59 Å². The Labute approximate surface area is 159 Å². The van der Waals surface area contributed by atoms with Crippen molar-refractivity contribution in [3.63, 3.8) is 0 Å². The van der Waals surface area contributed by atoms with E-state index >= 15 is 0 Å². The third-order valence-corrected chi connectivity index (χ3v) is 3.61. The van der Waals surface area contributed by atoms with Crippen LogP contribution in [0.4, 0.5) is 4.79 Å². The molecule has 1 aromatic rings. The predicted octanol–water partition coefficient (Wildman–Crippen LogP) is 2.23. The van der Waals surface area contributed by atoms with Crippen LogP contribution in [0.1, 0.15) is 49.5 Å². The summed E-state index contributed by atoms with van der Waals surface area (Å²) in [7, 11) is 0. The molecule has 1 saturated carbocycles. The fourth-order valence-electron chi connectivity index (χ4n) is 2.14. The summed E-state index contributed by atoms with van der Waals surface area (Å²) in [4.78, 5) is 35.2. The molecule has 3 N–H and O–H groups in total. The first kappa shape index (κ1) is 20.5. The molecule has 1 fully saturated rings. The average molecular weight is 373 g/mol. The lowest BCUT2D eigenvalue weighted by molar-refractivity contribution is -0.116. The van der Waals surface area contributed by atoms with Crippen LogP contribution in [0.15, 0.2) is 30.3 Å². The van der Waals surface area contributed by atoms with Crippen LogP contribution in [0.2, 0.25) is 0 Å². The molecule has 0 heterocycles. The Hall–Kier alpha value is -2.83. The first-order chi connectivity index (χ1) is 12.7. The van der Waals surface area contributed by atoms with Gasteiger partial charge in [-0.15, -0.1) is 0 Å². The van der Waals surface area contributed by atoms with Crippen LogP contribution in [0.5, 0.6) is 0 Å². The van der Waals surface area contributed by atoms with E-state index in [9.17, 15) is 14.4 Å². The monoisotopic (exact) mass is 373 g/mol. The molecule has 0 aliphatic heterocycles. The Bertz CT molecular complexity index is 701. The van der Waals surface area contributed by atoms with Crippen LogP contribution in [0, 0.1) is 0 Å². The number of amides is 3. The molecule has 0 unspecified atom stereocenters. The third kappa shape index (κ3) is 8.40. The predicted molar refractivity (Wildman–Crippen MR) is 103 cm³/mol. The summed E-state index contributed by atoms with van der Waals surface area (Å²) in [6, 6.07) is 7.37. The Kier molecular flexibility index (Phi) is 6.98. The summed E-state index contributed by atoms with van der Waals surface area (Å²) in [5.74, 6) is -0.334. The first-order valence-corrected chi connectivity index (χ1v) is 9.06. The molecular formula is C20H27N3O4. The van der Waals surface area contributed by atoms with Crippen LogP contribution >= 0.6 is 0 Å². The lowest BCUT2D eigenvalue weighted by atomic mass is 10.1. The van der Waals surface area contributed by atoms with Gasteiger partial charge in [0.1, 0.15) is 5.60 Å².